The maximum absolute atomic E-state index is 4.56. The summed E-state index contributed by atoms with van der Waals surface area (Å²) in [4.78, 5) is 9.62. The highest BCUT2D eigenvalue weighted by molar-refractivity contribution is 14.0. The second kappa shape index (κ2) is 8.88. The van der Waals surface area contributed by atoms with E-state index in [-0.39, 0.29) is 24.0 Å². The quantitative estimate of drug-likeness (QED) is 0.380. The Morgan fingerprint density at radius 2 is 1.74 bits per heavy atom. The molecule has 1 unspecified atom stereocenters. The van der Waals surface area contributed by atoms with Gasteiger partial charge in [-0.1, -0.05) is 13.8 Å². The van der Waals surface area contributed by atoms with Crippen molar-refractivity contribution in [3.05, 3.63) is 0 Å². The van der Waals surface area contributed by atoms with Gasteiger partial charge in [0.1, 0.15) is 0 Å². The van der Waals surface area contributed by atoms with E-state index in [1.807, 2.05) is 7.05 Å². The second-order valence-corrected chi connectivity index (χ2v) is 7.38. The monoisotopic (exact) mass is 434 g/mol. The summed E-state index contributed by atoms with van der Waals surface area (Å²) in [5, 5.41) is 3.71. The lowest BCUT2D eigenvalue weighted by molar-refractivity contribution is 0.223. The molecule has 3 fully saturated rings. The number of nitrogens with zero attached hydrogens (tertiary/aromatic N) is 3. The first-order chi connectivity index (χ1) is 10.8. The van der Waals surface area contributed by atoms with Crippen molar-refractivity contribution in [1.29, 1.82) is 0 Å². The molecule has 1 saturated heterocycles. The third-order valence-electron chi connectivity index (χ3n) is 5.95. The van der Waals surface area contributed by atoms with E-state index in [9.17, 15) is 0 Å². The number of aliphatic imine (C=N–C) groups is 1. The number of hydrogen-bond donors (Lipinski definition) is 1. The Morgan fingerprint density at radius 1 is 1.13 bits per heavy atom. The zero-order valence-electron chi connectivity index (χ0n) is 15.1. The van der Waals surface area contributed by atoms with Gasteiger partial charge in [0.05, 0.1) is 0 Å². The van der Waals surface area contributed by atoms with Crippen molar-refractivity contribution in [3.63, 3.8) is 0 Å². The molecule has 0 spiro atoms. The molecule has 0 bridgehead atoms. The molecule has 0 aromatic carbocycles. The van der Waals surface area contributed by atoms with E-state index in [2.05, 4.69) is 34.0 Å². The number of guanidine groups is 1. The van der Waals surface area contributed by atoms with E-state index in [4.69, 9.17) is 0 Å². The minimum atomic E-state index is 0. The Hall–Kier alpha value is -0.0400. The zero-order valence-corrected chi connectivity index (χ0v) is 17.5. The Kier molecular flexibility index (Phi) is 7.45. The van der Waals surface area contributed by atoms with Crippen molar-refractivity contribution in [2.75, 3.05) is 39.8 Å². The molecule has 1 aliphatic heterocycles. The number of rotatable bonds is 7. The fourth-order valence-electron chi connectivity index (χ4n) is 4.28. The van der Waals surface area contributed by atoms with Crippen LogP contribution in [-0.4, -0.2) is 61.6 Å². The van der Waals surface area contributed by atoms with E-state index in [0.717, 1.165) is 56.4 Å². The van der Waals surface area contributed by atoms with Crippen molar-refractivity contribution < 1.29 is 0 Å². The smallest absolute Gasteiger partial charge is 0.193 e. The first-order valence-electron chi connectivity index (χ1n) is 9.46. The van der Waals surface area contributed by atoms with Crippen LogP contribution in [0.1, 0.15) is 46.0 Å². The molecule has 4 nitrogen and oxygen atoms in total. The molecule has 0 amide bonds. The number of halogens is 1. The van der Waals surface area contributed by atoms with Crippen LogP contribution < -0.4 is 5.32 Å². The second-order valence-electron chi connectivity index (χ2n) is 7.38. The fraction of sp³-hybridized carbons (Fsp3) is 0.944. The number of hydrogen-bond acceptors (Lipinski definition) is 2. The van der Waals surface area contributed by atoms with Crippen LogP contribution in [0.4, 0.5) is 0 Å². The lowest BCUT2D eigenvalue weighted by Gasteiger charge is -2.28. The van der Waals surface area contributed by atoms with Gasteiger partial charge >= 0.3 is 0 Å². The van der Waals surface area contributed by atoms with E-state index < -0.39 is 0 Å². The van der Waals surface area contributed by atoms with E-state index in [0.29, 0.717) is 6.04 Å². The lowest BCUT2D eigenvalue weighted by atomic mass is 9.98. The van der Waals surface area contributed by atoms with Gasteiger partial charge in [0.2, 0.25) is 0 Å². The molecule has 1 heterocycles. The maximum Gasteiger partial charge on any atom is 0.193 e. The van der Waals surface area contributed by atoms with Crippen LogP contribution in [0.2, 0.25) is 0 Å². The van der Waals surface area contributed by atoms with Crippen LogP contribution in [0, 0.1) is 17.8 Å². The average Bonchev–Trinajstić information content (AvgIpc) is 3.46. The summed E-state index contributed by atoms with van der Waals surface area (Å²) < 4.78 is 0. The van der Waals surface area contributed by atoms with Gasteiger partial charge in [0.25, 0.3) is 0 Å². The predicted molar refractivity (Wildman–Crippen MR) is 109 cm³/mol. The molecular weight excluding hydrogens is 399 g/mol. The SMILES string of the molecule is CCN(CC)C1CCN(C(=NC)NCC(C2CC2)C2CC2)C1.I. The number of likely N-dealkylation sites (N-methyl/N-ethyl adjacent to an activating group) is 1. The zero-order chi connectivity index (χ0) is 15.5. The Bertz CT molecular complexity index is 376. The maximum atomic E-state index is 4.56. The number of nitrogens with one attached hydrogen (secondary N) is 1. The fourth-order valence-corrected chi connectivity index (χ4v) is 4.28. The molecule has 0 radical (unpaired) electrons. The first kappa shape index (κ1) is 19.3. The molecule has 2 saturated carbocycles. The van der Waals surface area contributed by atoms with Crippen molar-refractivity contribution >= 4 is 29.9 Å². The molecule has 23 heavy (non-hydrogen) atoms. The molecule has 3 rings (SSSR count). The molecule has 5 heteroatoms. The molecule has 0 aromatic heterocycles. The highest BCUT2D eigenvalue weighted by Crippen LogP contribution is 2.48. The third kappa shape index (κ3) is 4.97. The van der Waals surface area contributed by atoms with Gasteiger partial charge in [-0.2, -0.15) is 0 Å². The van der Waals surface area contributed by atoms with Crippen LogP contribution in [0.3, 0.4) is 0 Å². The Labute approximate surface area is 159 Å². The largest absolute Gasteiger partial charge is 0.356 e. The summed E-state index contributed by atoms with van der Waals surface area (Å²) in [6.07, 6.45) is 7.14. The van der Waals surface area contributed by atoms with Gasteiger partial charge < -0.3 is 10.2 Å². The summed E-state index contributed by atoms with van der Waals surface area (Å²) in [5.74, 6) is 4.08. The molecule has 0 aromatic rings. The van der Waals surface area contributed by atoms with Crippen LogP contribution in [-0.2, 0) is 0 Å². The van der Waals surface area contributed by atoms with Gasteiger partial charge in [0.15, 0.2) is 5.96 Å². The van der Waals surface area contributed by atoms with Crippen LogP contribution in [0.5, 0.6) is 0 Å². The van der Waals surface area contributed by atoms with Crippen LogP contribution in [0.15, 0.2) is 4.99 Å². The molecule has 1 N–H and O–H groups in total. The molecule has 1 atom stereocenters. The molecule has 3 aliphatic rings. The van der Waals surface area contributed by atoms with Crippen molar-refractivity contribution in [1.82, 2.24) is 15.1 Å². The first-order valence-corrected chi connectivity index (χ1v) is 9.46. The summed E-state index contributed by atoms with van der Waals surface area (Å²) in [6.45, 7) is 10.3. The Morgan fingerprint density at radius 3 is 2.22 bits per heavy atom. The Balaban J connectivity index is 0.00000192. The molecular formula is C18H35IN4. The average molecular weight is 434 g/mol. The van der Waals surface area contributed by atoms with Gasteiger partial charge in [-0.05, 0) is 62.9 Å². The molecule has 134 valence electrons. The van der Waals surface area contributed by atoms with E-state index >= 15 is 0 Å². The summed E-state index contributed by atoms with van der Waals surface area (Å²) in [5.41, 5.74) is 0. The standard InChI is InChI=1S/C18H34N4.HI/c1-4-21(5-2)16-10-11-22(13-16)18(19-3)20-12-17(14-6-7-14)15-8-9-15;/h14-17H,4-13H2,1-3H3,(H,19,20);1H. The minimum Gasteiger partial charge on any atom is -0.356 e. The predicted octanol–water partition coefficient (Wildman–Crippen LogP) is 3.03. The highest BCUT2D eigenvalue weighted by atomic mass is 127. The summed E-state index contributed by atoms with van der Waals surface area (Å²) in [7, 11) is 1.94. The third-order valence-corrected chi connectivity index (χ3v) is 5.95. The van der Waals surface area contributed by atoms with Gasteiger partial charge in [-0.3, -0.25) is 9.89 Å². The van der Waals surface area contributed by atoms with Crippen LogP contribution >= 0.6 is 24.0 Å². The highest BCUT2D eigenvalue weighted by Gasteiger charge is 2.41. The van der Waals surface area contributed by atoms with E-state index in [1.165, 1.54) is 32.1 Å². The summed E-state index contributed by atoms with van der Waals surface area (Å²) >= 11 is 0. The lowest BCUT2D eigenvalue weighted by Crippen LogP contribution is -2.44. The normalized spacial score (nSPS) is 25.2. The van der Waals surface area contributed by atoms with Crippen molar-refractivity contribution in [3.8, 4) is 0 Å². The topological polar surface area (TPSA) is 30.9 Å². The van der Waals surface area contributed by atoms with Crippen molar-refractivity contribution in [2.24, 2.45) is 22.7 Å². The van der Waals surface area contributed by atoms with E-state index in [1.54, 1.807) is 0 Å². The van der Waals surface area contributed by atoms with Gasteiger partial charge in [-0.15, -0.1) is 24.0 Å². The molecule has 2 aliphatic carbocycles. The summed E-state index contributed by atoms with van der Waals surface area (Å²) in [6, 6.07) is 0.705. The van der Waals surface area contributed by atoms with Gasteiger partial charge in [0, 0.05) is 32.7 Å². The van der Waals surface area contributed by atoms with Gasteiger partial charge in [-0.25, -0.2) is 0 Å². The van der Waals surface area contributed by atoms with Crippen LogP contribution in [0.25, 0.3) is 0 Å². The minimum absolute atomic E-state index is 0. The number of likely N-dealkylation sites (tertiary alicyclic amines) is 1. The van der Waals surface area contributed by atoms with Crippen molar-refractivity contribution in [2.45, 2.75) is 52.0 Å².